The zero-order valence-corrected chi connectivity index (χ0v) is 9.86. The Kier molecular flexibility index (Phi) is 3.32. The van der Waals surface area contributed by atoms with E-state index in [2.05, 4.69) is 0 Å². The van der Waals surface area contributed by atoms with Gasteiger partial charge in [-0.05, 0) is 36.6 Å². The van der Waals surface area contributed by atoms with Crippen molar-refractivity contribution in [3.63, 3.8) is 0 Å². The van der Waals surface area contributed by atoms with Crippen LogP contribution in [0.3, 0.4) is 0 Å². The van der Waals surface area contributed by atoms with Crippen molar-refractivity contribution < 1.29 is 19.0 Å². The molecule has 4 heteroatoms. The average molecular weight is 234 g/mol. The van der Waals surface area contributed by atoms with Gasteiger partial charge in [0, 0.05) is 6.92 Å². The second-order valence-corrected chi connectivity index (χ2v) is 3.94. The summed E-state index contributed by atoms with van der Waals surface area (Å²) in [5.41, 5.74) is 2.06. The number of ether oxygens (including phenoxy) is 3. The molecule has 0 aromatic heterocycles. The normalized spacial score (nSPS) is 13.6. The van der Waals surface area contributed by atoms with E-state index in [0.717, 1.165) is 22.6 Å². The number of benzene rings is 1. The number of allylic oxidation sites excluding steroid dienone is 1. The molecule has 1 aliphatic heterocycles. The molecule has 0 N–H and O–H groups in total. The van der Waals surface area contributed by atoms with Crippen molar-refractivity contribution in [2.45, 2.75) is 20.3 Å². The molecule has 1 aromatic rings. The molecule has 0 unspecified atom stereocenters. The van der Waals surface area contributed by atoms with Gasteiger partial charge in [0.25, 0.3) is 0 Å². The summed E-state index contributed by atoms with van der Waals surface area (Å²) in [6.45, 7) is 3.57. The van der Waals surface area contributed by atoms with E-state index in [9.17, 15) is 4.79 Å². The highest BCUT2D eigenvalue weighted by molar-refractivity contribution is 5.66. The van der Waals surface area contributed by atoms with Crippen molar-refractivity contribution in [1.82, 2.24) is 0 Å². The zero-order valence-electron chi connectivity index (χ0n) is 9.86. The maximum atomic E-state index is 10.7. The molecular formula is C13H14O4. The van der Waals surface area contributed by atoms with Gasteiger partial charge in [-0.15, -0.1) is 0 Å². The highest BCUT2D eigenvalue weighted by Gasteiger charge is 2.13. The van der Waals surface area contributed by atoms with E-state index in [-0.39, 0.29) is 12.8 Å². The topological polar surface area (TPSA) is 44.8 Å². The molecule has 4 nitrogen and oxygen atoms in total. The summed E-state index contributed by atoms with van der Waals surface area (Å²) >= 11 is 0. The van der Waals surface area contributed by atoms with Crippen molar-refractivity contribution in [3.05, 3.63) is 35.6 Å². The Bertz CT molecular complexity index is 462. The molecule has 0 fully saturated rings. The minimum absolute atomic E-state index is 0.279. The summed E-state index contributed by atoms with van der Waals surface area (Å²) in [6, 6.07) is 5.79. The van der Waals surface area contributed by atoms with E-state index in [0.29, 0.717) is 6.42 Å². The second-order valence-electron chi connectivity index (χ2n) is 3.94. The van der Waals surface area contributed by atoms with Gasteiger partial charge in [0.1, 0.15) is 0 Å². The molecule has 1 heterocycles. The van der Waals surface area contributed by atoms with E-state index >= 15 is 0 Å². The Hall–Kier alpha value is -1.97. The SMILES string of the molecule is CC(=O)O/C=C(\C)Cc1ccc2c(c1)OCO2. The van der Waals surface area contributed by atoms with E-state index in [1.54, 1.807) is 0 Å². The lowest BCUT2D eigenvalue weighted by Crippen LogP contribution is -1.94. The lowest BCUT2D eigenvalue weighted by atomic mass is 10.1. The first-order chi connectivity index (χ1) is 8.15. The molecule has 0 aliphatic carbocycles. The van der Waals surface area contributed by atoms with Crippen LogP contribution >= 0.6 is 0 Å². The Labute approximate surface area is 99.8 Å². The summed E-state index contributed by atoms with van der Waals surface area (Å²) in [7, 11) is 0. The largest absolute Gasteiger partial charge is 0.454 e. The molecule has 90 valence electrons. The lowest BCUT2D eigenvalue weighted by molar-refractivity contribution is -0.135. The molecule has 1 aliphatic rings. The van der Waals surface area contributed by atoms with Gasteiger partial charge < -0.3 is 14.2 Å². The molecule has 0 spiro atoms. The first-order valence-electron chi connectivity index (χ1n) is 5.36. The van der Waals surface area contributed by atoms with Gasteiger partial charge in [0.05, 0.1) is 6.26 Å². The van der Waals surface area contributed by atoms with Crippen LogP contribution in [0.5, 0.6) is 11.5 Å². The van der Waals surface area contributed by atoms with Gasteiger partial charge in [-0.25, -0.2) is 0 Å². The molecule has 17 heavy (non-hydrogen) atoms. The molecule has 0 bridgehead atoms. The number of hydrogen-bond donors (Lipinski definition) is 0. The smallest absolute Gasteiger partial charge is 0.307 e. The summed E-state index contributed by atoms with van der Waals surface area (Å²) in [6.07, 6.45) is 2.19. The maximum absolute atomic E-state index is 10.7. The number of esters is 1. The molecule has 0 saturated heterocycles. The third kappa shape index (κ3) is 3.00. The summed E-state index contributed by atoms with van der Waals surface area (Å²) in [4.78, 5) is 10.7. The molecule has 0 saturated carbocycles. The van der Waals surface area contributed by atoms with Crippen LogP contribution in [0.1, 0.15) is 19.4 Å². The maximum Gasteiger partial charge on any atom is 0.307 e. The van der Waals surface area contributed by atoms with Crippen LogP contribution in [-0.2, 0) is 16.0 Å². The van der Waals surface area contributed by atoms with E-state index < -0.39 is 0 Å². The minimum Gasteiger partial charge on any atom is -0.454 e. The number of fused-ring (bicyclic) bond motifs is 1. The fourth-order valence-corrected chi connectivity index (χ4v) is 1.60. The zero-order chi connectivity index (χ0) is 12.3. The van der Waals surface area contributed by atoms with Crippen LogP contribution in [0.2, 0.25) is 0 Å². The van der Waals surface area contributed by atoms with Crippen molar-refractivity contribution in [2.75, 3.05) is 6.79 Å². The van der Waals surface area contributed by atoms with Crippen molar-refractivity contribution in [2.24, 2.45) is 0 Å². The highest BCUT2D eigenvalue weighted by Crippen LogP contribution is 2.32. The van der Waals surface area contributed by atoms with Crippen molar-refractivity contribution in [1.29, 1.82) is 0 Å². The van der Waals surface area contributed by atoms with Gasteiger partial charge in [-0.3, -0.25) is 4.79 Å². The number of hydrogen-bond acceptors (Lipinski definition) is 4. The van der Waals surface area contributed by atoms with Crippen LogP contribution in [-0.4, -0.2) is 12.8 Å². The standard InChI is InChI=1S/C13H14O4/c1-9(7-15-10(2)14)5-11-3-4-12-13(6-11)17-8-16-12/h3-4,6-7H,5,8H2,1-2H3/b9-7+. The van der Waals surface area contributed by atoms with Crippen molar-refractivity contribution in [3.8, 4) is 11.5 Å². The summed E-state index contributed by atoms with van der Waals surface area (Å²) in [5.74, 6) is 1.23. The fraction of sp³-hybridized carbons (Fsp3) is 0.308. The molecular weight excluding hydrogens is 220 g/mol. The molecule has 0 atom stereocenters. The minimum atomic E-state index is -0.310. The summed E-state index contributed by atoms with van der Waals surface area (Å²) < 4.78 is 15.3. The fourth-order valence-electron chi connectivity index (χ4n) is 1.60. The molecule has 0 amide bonds. The van der Waals surface area contributed by atoms with E-state index in [4.69, 9.17) is 14.2 Å². The quantitative estimate of drug-likeness (QED) is 0.595. The monoisotopic (exact) mass is 234 g/mol. The number of carbonyl (C=O) groups excluding carboxylic acids is 1. The Balaban J connectivity index is 2.04. The van der Waals surface area contributed by atoms with Crippen LogP contribution in [0.4, 0.5) is 0 Å². The Morgan fingerprint density at radius 1 is 1.35 bits per heavy atom. The number of rotatable bonds is 3. The molecule has 1 aromatic carbocycles. The van der Waals surface area contributed by atoms with Crippen LogP contribution < -0.4 is 9.47 Å². The third-order valence-electron chi connectivity index (χ3n) is 2.35. The van der Waals surface area contributed by atoms with E-state index in [1.807, 2.05) is 25.1 Å². The van der Waals surface area contributed by atoms with Crippen LogP contribution in [0.15, 0.2) is 30.0 Å². The Morgan fingerprint density at radius 2 is 2.12 bits per heavy atom. The van der Waals surface area contributed by atoms with Crippen LogP contribution in [0, 0.1) is 0 Å². The van der Waals surface area contributed by atoms with Gasteiger partial charge >= 0.3 is 5.97 Å². The number of carbonyl (C=O) groups is 1. The second kappa shape index (κ2) is 4.91. The average Bonchev–Trinajstić information content (AvgIpc) is 2.73. The molecule has 0 radical (unpaired) electrons. The predicted molar refractivity (Wildman–Crippen MR) is 61.8 cm³/mol. The van der Waals surface area contributed by atoms with Gasteiger partial charge in [-0.1, -0.05) is 6.07 Å². The first-order valence-corrected chi connectivity index (χ1v) is 5.36. The molecule has 2 rings (SSSR count). The van der Waals surface area contributed by atoms with Crippen molar-refractivity contribution >= 4 is 5.97 Å². The lowest BCUT2D eigenvalue weighted by Gasteiger charge is -2.03. The first kappa shape index (κ1) is 11.5. The summed E-state index contributed by atoms with van der Waals surface area (Å²) in [5, 5.41) is 0. The predicted octanol–water partition coefficient (Wildman–Crippen LogP) is 2.42. The van der Waals surface area contributed by atoms with E-state index in [1.165, 1.54) is 13.2 Å². The Morgan fingerprint density at radius 3 is 2.88 bits per heavy atom. The van der Waals surface area contributed by atoms with Gasteiger partial charge in [-0.2, -0.15) is 0 Å². The van der Waals surface area contributed by atoms with Gasteiger partial charge in [0.15, 0.2) is 11.5 Å². The highest BCUT2D eigenvalue weighted by atomic mass is 16.7. The third-order valence-corrected chi connectivity index (χ3v) is 2.35. The van der Waals surface area contributed by atoms with Gasteiger partial charge in [0.2, 0.25) is 6.79 Å². The van der Waals surface area contributed by atoms with Crippen LogP contribution in [0.25, 0.3) is 0 Å².